The first kappa shape index (κ1) is 6.48. The lowest BCUT2D eigenvalue weighted by Crippen LogP contribution is -1.96. The third-order valence-electron chi connectivity index (χ3n) is 1.63. The standard InChI is InChI=1S/C6H8N4S/c1-10-3-2-4(7)11-5(3)9-6(10)8/h2H,7H2,1H3,(H2,8,9). The van der Waals surface area contributed by atoms with Gasteiger partial charge in [0.25, 0.3) is 0 Å². The molecule has 58 valence electrons. The quantitative estimate of drug-likeness (QED) is 0.611. The monoisotopic (exact) mass is 168 g/mol. The first-order valence-corrected chi connectivity index (χ1v) is 3.97. The molecule has 0 saturated carbocycles. The van der Waals surface area contributed by atoms with Crippen molar-refractivity contribution in [1.82, 2.24) is 9.55 Å². The minimum atomic E-state index is 0.534. The average molecular weight is 168 g/mol. The van der Waals surface area contributed by atoms with Gasteiger partial charge in [-0.25, -0.2) is 4.98 Å². The fourth-order valence-electron chi connectivity index (χ4n) is 1.01. The number of imidazole rings is 1. The Morgan fingerprint density at radius 3 is 2.91 bits per heavy atom. The van der Waals surface area contributed by atoms with E-state index in [9.17, 15) is 0 Å². The number of fused-ring (bicyclic) bond motifs is 1. The summed E-state index contributed by atoms with van der Waals surface area (Å²) in [7, 11) is 1.87. The Labute approximate surface area is 67.4 Å². The smallest absolute Gasteiger partial charge is 0.201 e. The molecule has 0 atom stereocenters. The molecule has 5 heteroatoms. The summed E-state index contributed by atoms with van der Waals surface area (Å²) in [5, 5.41) is 0.776. The molecule has 0 bridgehead atoms. The van der Waals surface area contributed by atoms with Crippen LogP contribution >= 0.6 is 11.3 Å². The molecule has 0 aliphatic heterocycles. The molecule has 0 saturated heterocycles. The second-order valence-electron chi connectivity index (χ2n) is 2.37. The molecule has 2 aromatic rings. The Morgan fingerprint density at radius 1 is 1.55 bits per heavy atom. The highest BCUT2D eigenvalue weighted by Gasteiger charge is 2.06. The van der Waals surface area contributed by atoms with Gasteiger partial charge < -0.3 is 16.0 Å². The Hall–Kier alpha value is -1.23. The van der Waals surface area contributed by atoms with Gasteiger partial charge in [-0.2, -0.15) is 0 Å². The van der Waals surface area contributed by atoms with Crippen LogP contribution in [-0.2, 0) is 7.05 Å². The third-order valence-corrected chi connectivity index (χ3v) is 2.48. The predicted molar refractivity (Wildman–Crippen MR) is 47.4 cm³/mol. The van der Waals surface area contributed by atoms with Crippen molar-refractivity contribution in [3.63, 3.8) is 0 Å². The van der Waals surface area contributed by atoms with Crippen LogP contribution in [0.5, 0.6) is 0 Å². The van der Waals surface area contributed by atoms with Crippen LogP contribution in [0.25, 0.3) is 10.3 Å². The molecule has 2 heterocycles. The van der Waals surface area contributed by atoms with Gasteiger partial charge in [0.2, 0.25) is 5.95 Å². The lowest BCUT2D eigenvalue weighted by molar-refractivity contribution is 0.965. The molecular formula is C6H8N4S. The minimum absolute atomic E-state index is 0.534. The van der Waals surface area contributed by atoms with Crippen LogP contribution in [0.1, 0.15) is 0 Å². The van der Waals surface area contributed by atoms with E-state index in [2.05, 4.69) is 4.98 Å². The third kappa shape index (κ3) is 0.775. The number of hydrogen-bond acceptors (Lipinski definition) is 4. The average Bonchev–Trinajstić information content (AvgIpc) is 2.37. The molecule has 0 radical (unpaired) electrons. The van der Waals surface area contributed by atoms with Crippen LogP contribution in [0.2, 0.25) is 0 Å². The summed E-state index contributed by atoms with van der Waals surface area (Å²) < 4.78 is 1.82. The summed E-state index contributed by atoms with van der Waals surface area (Å²) in [6, 6.07) is 1.88. The largest absolute Gasteiger partial charge is 0.390 e. The second-order valence-corrected chi connectivity index (χ2v) is 3.43. The van der Waals surface area contributed by atoms with Crippen LogP contribution in [0.15, 0.2) is 6.07 Å². The number of aryl methyl sites for hydroxylation is 1. The molecule has 2 rings (SSSR count). The summed E-state index contributed by atoms with van der Waals surface area (Å²) in [5.41, 5.74) is 12.1. The summed E-state index contributed by atoms with van der Waals surface area (Å²) in [6.45, 7) is 0. The lowest BCUT2D eigenvalue weighted by atomic mass is 10.5. The first-order chi connectivity index (χ1) is 5.18. The van der Waals surface area contributed by atoms with Gasteiger partial charge in [-0.1, -0.05) is 11.3 Å². The number of nitrogens with two attached hydrogens (primary N) is 2. The first-order valence-electron chi connectivity index (χ1n) is 3.15. The Bertz CT molecular complexity index is 400. The zero-order chi connectivity index (χ0) is 8.01. The normalized spacial score (nSPS) is 11.0. The maximum absolute atomic E-state index is 5.58. The van der Waals surface area contributed by atoms with Gasteiger partial charge in [-0.15, -0.1) is 0 Å². The SMILES string of the molecule is Cn1c(N)nc2sc(N)cc21. The second kappa shape index (κ2) is 1.88. The number of thiophene rings is 1. The lowest BCUT2D eigenvalue weighted by Gasteiger charge is -1.91. The summed E-state index contributed by atoms with van der Waals surface area (Å²) in [5.74, 6) is 0.534. The topological polar surface area (TPSA) is 69.9 Å². The van der Waals surface area contributed by atoms with E-state index in [1.165, 1.54) is 11.3 Å². The van der Waals surface area contributed by atoms with Crippen molar-refractivity contribution in [2.24, 2.45) is 7.05 Å². The molecule has 0 spiro atoms. The van der Waals surface area contributed by atoms with E-state index in [1.54, 1.807) is 0 Å². The van der Waals surface area contributed by atoms with Gasteiger partial charge in [0.05, 0.1) is 10.5 Å². The summed E-state index contributed by atoms with van der Waals surface area (Å²) in [4.78, 5) is 5.02. The van der Waals surface area contributed by atoms with Gasteiger partial charge >= 0.3 is 0 Å². The summed E-state index contributed by atoms with van der Waals surface area (Å²) >= 11 is 1.45. The van der Waals surface area contributed by atoms with Gasteiger partial charge in [0, 0.05) is 7.05 Å². The van der Waals surface area contributed by atoms with Crippen molar-refractivity contribution in [3.8, 4) is 0 Å². The van der Waals surface area contributed by atoms with Crippen LogP contribution < -0.4 is 11.5 Å². The Balaban J connectivity index is 2.88. The van der Waals surface area contributed by atoms with Crippen LogP contribution in [0, 0.1) is 0 Å². The van der Waals surface area contributed by atoms with Gasteiger partial charge in [0.15, 0.2) is 0 Å². The van der Waals surface area contributed by atoms with E-state index in [-0.39, 0.29) is 0 Å². The minimum Gasteiger partial charge on any atom is -0.390 e. The molecule has 4 nitrogen and oxygen atoms in total. The summed E-state index contributed by atoms with van der Waals surface area (Å²) in [6.07, 6.45) is 0. The highest BCUT2D eigenvalue weighted by atomic mass is 32.1. The molecule has 0 aromatic carbocycles. The van der Waals surface area contributed by atoms with E-state index in [0.717, 1.165) is 15.3 Å². The number of hydrogen-bond donors (Lipinski definition) is 2. The molecule has 0 amide bonds. The van der Waals surface area contributed by atoms with Crippen molar-refractivity contribution in [2.45, 2.75) is 0 Å². The van der Waals surface area contributed by atoms with Crippen molar-refractivity contribution >= 4 is 32.6 Å². The molecule has 0 unspecified atom stereocenters. The zero-order valence-corrected chi connectivity index (χ0v) is 6.85. The van der Waals surface area contributed by atoms with Crippen molar-refractivity contribution < 1.29 is 0 Å². The van der Waals surface area contributed by atoms with Crippen LogP contribution in [0.3, 0.4) is 0 Å². The van der Waals surface area contributed by atoms with E-state index in [0.29, 0.717) is 5.95 Å². The number of nitrogen functional groups attached to an aromatic ring is 2. The molecule has 0 fully saturated rings. The Kier molecular flexibility index (Phi) is 1.11. The number of rotatable bonds is 0. The highest BCUT2D eigenvalue weighted by Crippen LogP contribution is 2.27. The van der Waals surface area contributed by atoms with Crippen molar-refractivity contribution in [1.29, 1.82) is 0 Å². The molecule has 4 N–H and O–H groups in total. The maximum atomic E-state index is 5.58. The molecule has 2 aromatic heterocycles. The van der Waals surface area contributed by atoms with Crippen molar-refractivity contribution in [2.75, 3.05) is 11.5 Å². The molecule has 0 aliphatic rings. The maximum Gasteiger partial charge on any atom is 0.201 e. The molecule has 11 heavy (non-hydrogen) atoms. The fraction of sp³-hybridized carbons (Fsp3) is 0.167. The molecule has 0 aliphatic carbocycles. The molecular weight excluding hydrogens is 160 g/mol. The fourth-order valence-corrected chi connectivity index (χ4v) is 1.85. The van der Waals surface area contributed by atoms with Crippen LogP contribution in [0.4, 0.5) is 10.9 Å². The number of aromatic nitrogens is 2. The Morgan fingerprint density at radius 2 is 2.27 bits per heavy atom. The highest BCUT2D eigenvalue weighted by molar-refractivity contribution is 7.22. The number of nitrogens with zero attached hydrogens (tertiary/aromatic N) is 2. The van der Waals surface area contributed by atoms with Crippen molar-refractivity contribution in [3.05, 3.63) is 6.07 Å². The van der Waals surface area contributed by atoms with E-state index in [4.69, 9.17) is 11.5 Å². The van der Waals surface area contributed by atoms with E-state index < -0.39 is 0 Å². The van der Waals surface area contributed by atoms with Gasteiger partial charge in [-0.05, 0) is 6.07 Å². The van der Waals surface area contributed by atoms with E-state index in [1.807, 2.05) is 17.7 Å². The van der Waals surface area contributed by atoms with Gasteiger partial charge in [-0.3, -0.25) is 0 Å². The van der Waals surface area contributed by atoms with Crippen LogP contribution in [-0.4, -0.2) is 9.55 Å². The number of anilines is 2. The van der Waals surface area contributed by atoms with E-state index >= 15 is 0 Å². The predicted octanol–water partition coefficient (Wildman–Crippen LogP) is 0.799. The van der Waals surface area contributed by atoms with Gasteiger partial charge in [0.1, 0.15) is 4.83 Å². The zero-order valence-electron chi connectivity index (χ0n) is 6.03.